The Labute approximate surface area is 129 Å². The molecule has 0 radical (unpaired) electrons. The molecule has 0 saturated carbocycles. The van der Waals surface area contributed by atoms with E-state index in [0.717, 1.165) is 11.3 Å². The Bertz CT molecular complexity index is 680. The van der Waals surface area contributed by atoms with Gasteiger partial charge in [0.25, 0.3) is 0 Å². The van der Waals surface area contributed by atoms with Gasteiger partial charge in [0.2, 0.25) is 10.0 Å². The lowest BCUT2D eigenvalue weighted by molar-refractivity contribution is 0.582. The van der Waals surface area contributed by atoms with Crippen LogP contribution in [-0.4, -0.2) is 27.0 Å². The van der Waals surface area contributed by atoms with Crippen molar-refractivity contribution >= 4 is 21.6 Å². The van der Waals surface area contributed by atoms with Gasteiger partial charge >= 0.3 is 0 Å². The highest BCUT2D eigenvalue weighted by molar-refractivity contribution is 7.89. The van der Waals surface area contributed by atoms with Gasteiger partial charge in [0.05, 0.1) is 4.90 Å². The van der Waals surface area contributed by atoms with Crippen molar-refractivity contribution in [1.29, 1.82) is 0 Å². The van der Waals surface area contributed by atoms with E-state index in [2.05, 4.69) is 15.0 Å². The molecule has 0 aliphatic heterocycles. The Morgan fingerprint density at radius 2 is 1.95 bits per heavy atom. The fourth-order valence-corrected chi connectivity index (χ4v) is 3.11. The highest BCUT2D eigenvalue weighted by Gasteiger charge is 2.15. The average Bonchev–Trinajstić information content (AvgIpc) is 2.91. The Hall–Kier alpha value is -1.34. The topological polar surface area (TPSA) is 74.0 Å². The van der Waals surface area contributed by atoms with Crippen LogP contribution in [-0.2, 0) is 23.0 Å². The number of benzene rings is 1. The molecule has 0 unspecified atom stereocenters. The quantitative estimate of drug-likeness (QED) is 0.727. The molecule has 21 heavy (non-hydrogen) atoms. The molecule has 0 fully saturated rings. The van der Waals surface area contributed by atoms with Crippen molar-refractivity contribution in [2.75, 3.05) is 13.6 Å². The SMILES string of the molecule is CNCc1cc(S(=O)(=O)NCCc2ccc(Cl)cc2)c[nH]1. The molecule has 0 atom stereocenters. The molecule has 2 rings (SSSR count). The van der Waals surface area contributed by atoms with Gasteiger partial charge in [0.1, 0.15) is 0 Å². The zero-order valence-corrected chi connectivity index (χ0v) is 13.3. The van der Waals surface area contributed by atoms with Gasteiger partial charge in [-0.1, -0.05) is 23.7 Å². The fourth-order valence-electron chi connectivity index (χ4n) is 1.93. The standard InChI is InChI=1S/C14H18ClN3O2S/c1-16-9-13-8-14(10-17-13)21(19,20)18-7-6-11-2-4-12(15)5-3-11/h2-5,8,10,16-18H,6-7,9H2,1H3. The van der Waals surface area contributed by atoms with E-state index in [9.17, 15) is 8.42 Å². The van der Waals surface area contributed by atoms with Crippen molar-refractivity contribution < 1.29 is 8.42 Å². The number of aromatic nitrogens is 1. The molecule has 0 aliphatic rings. The predicted molar refractivity (Wildman–Crippen MR) is 83.9 cm³/mol. The van der Waals surface area contributed by atoms with Gasteiger partial charge in [0, 0.05) is 30.0 Å². The Kier molecular flexibility index (Phi) is 5.41. The summed E-state index contributed by atoms with van der Waals surface area (Å²) in [6.45, 7) is 0.941. The number of aromatic amines is 1. The number of sulfonamides is 1. The van der Waals surface area contributed by atoms with Gasteiger partial charge < -0.3 is 10.3 Å². The van der Waals surface area contributed by atoms with Gasteiger partial charge in [-0.3, -0.25) is 0 Å². The molecule has 1 heterocycles. The summed E-state index contributed by atoms with van der Waals surface area (Å²) >= 11 is 5.81. The summed E-state index contributed by atoms with van der Waals surface area (Å²) in [5.41, 5.74) is 1.86. The van der Waals surface area contributed by atoms with Gasteiger partial charge in [-0.15, -0.1) is 0 Å². The van der Waals surface area contributed by atoms with Crippen molar-refractivity contribution in [1.82, 2.24) is 15.0 Å². The molecule has 3 N–H and O–H groups in total. The van der Waals surface area contributed by atoms with E-state index in [1.807, 2.05) is 12.1 Å². The van der Waals surface area contributed by atoms with E-state index >= 15 is 0 Å². The normalized spacial score (nSPS) is 11.7. The first-order chi connectivity index (χ1) is 10.0. The molecule has 114 valence electrons. The Balaban J connectivity index is 1.92. The van der Waals surface area contributed by atoms with Crippen LogP contribution in [0.15, 0.2) is 41.4 Å². The lowest BCUT2D eigenvalue weighted by atomic mass is 10.2. The van der Waals surface area contributed by atoms with Gasteiger partial charge in [0.15, 0.2) is 0 Å². The molecule has 1 aromatic carbocycles. The van der Waals surface area contributed by atoms with Gasteiger partial charge in [-0.2, -0.15) is 0 Å². The lowest BCUT2D eigenvalue weighted by Crippen LogP contribution is -2.25. The molecular weight excluding hydrogens is 310 g/mol. The third kappa shape index (κ3) is 4.57. The lowest BCUT2D eigenvalue weighted by Gasteiger charge is -2.05. The first-order valence-corrected chi connectivity index (χ1v) is 8.43. The third-order valence-electron chi connectivity index (χ3n) is 3.01. The number of halogens is 1. The molecule has 0 spiro atoms. The van der Waals surface area contributed by atoms with E-state index in [-0.39, 0.29) is 4.90 Å². The molecule has 0 aliphatic carbocycles. The summed E-state index contributed by atoms with van der Waals surface area (Å²) < 4.78 is 26.8. The smallest absolute Gasteiger partial charge is 0.242 e. The molecule has 0 bridgehead atoms. The molecule has 5 nitrogen and oxygen atoms in total. The average molecular weight is 328 g/mol. The Morgan fingerprint density at radius 1 is 1.24 bits per heavy atom. The summed E-state index contributed by atoms with van der Waals surface area (Å²) in [4.78, 5) is 3.18. The second kappa shape index (κ2) is 7.09. The molecule has 0 amide bonds. The minimum atomic E-state index is -3.47. The second-order valence-electron chi connectivity index (χ2n) is 4.67. The van der Waals surface area contributed by atoms with Crippen molar-refractivity contribution in [3.63, 3.8) is 0 Å². The van der Waals surface area contributed by atoms with Crippen LogP contribution in [0.3, 0.4) is 0 Å². The van der Waals surface area contributed by atoms with Crippen LogP contribution in [0.5, 0.6) is 0 Å². The van der Waals surface area contributed by atoms with Crippen LogP contribution < -0.4 is 10.0 Å². The minimum absolute atomic E-state index is 0.254. The van der Waals surface area contributed by atoms with Crippen LogP contribution in [0.2, 0.25) is 5.02 Å². The number of H-pyrrole nitrogens is 1. The van der Waals surface area contributed by atoms with Crippen LogP contribution in [0, 0.1) is 0 Å². The summed E-state index contributed by atoms with van der Waals surface area (Å²) in [5, 5.41) is 3.63. The maximum absolute atomic E-state index is 12.1. The number of hydrogen-bond acceptors (Lipinski definition) is 3. The van der Waals surface area contributed by atoms with Crippen molar-refractivity contribution in [3.8, 4) is 0 Å². The highest BCUT2D eigenvalue weighted by atomic mass is 35.5. The molecule has 2 aromatic rings. The fraction of sp³-hybridized carbons (Fsp3) is 0.286. The maximum atomic E-state index is 12.1. The second-order valence-corrected chi connectivity index (χ2v) is 6.87. The molecule has 7 heteroatoms. The summed E-state index contributed by atoms with van der Waals surface area (Å²) in [7, 11) is -1.67. The van der Waals surface area contributed by atoms with Gasteiger partial charge in [-0.25, -0.2) is 13.1 Å². The predicted octanol–water partition coefficient (Wildman–Crippen LogP) is 1.91. The summed E-state index contributed by atoms with van der Waals surface area (Å²) in [5.74, 6) is 0. The Morgan fingerprint density at radius 3 is 2.62 bits per heavy atom. The maximum Gasteiger partial charge on any atom is 0.242 e. The molecular formula is C14H18ClN3O2S. The van der Waals surface area contributed by atoms with Crippen molar-refractivity contribution in [2.24, 2.45) is 0 Å². The van der Waals surface area contributed by atoms with Crippen LogP contribution in [0.25, 0.3) is 0 Å². The number of hydrogen-bond donors (Lipinski definition) is 3. The van der Waals surface area contributed by atoms with Crippen LogP contribution >= 0.6 is 11.6 Å². The van der Waals surface area contributed by atoms with E-state index in [0.29, 0.717) is 24.5 Å². The largest absolute Gasteiger partial charge is 0.363 e. The van der Waals surface area contributed by atoms with Crippen molar-refractivity contribution in [3.05, 3.63) is 52.8 Å². The third-order valence-corrected chi connectivity index (χ3v) is 4.71. The number of rotatable bonds is 7. The molecule has 0 saturated heterocycles. The zero-order chi connectivity index (χ0) is 15.3. The minimum Gasteiger partial charge on any atom is -0.363 e. The van der Waals surface area contributed by atoms with E-state index < -0.39 is 10.0 Å². The van der Waals surface area contributed by atoms with Crippen molar-refractivity contribution in [2.45, 2.75) is 17.9 Å². The first-order valence-electron chi connectivity index (χ1n) is 6.57. The summed E-state index contributed by atoms with van der Waals surface area (Å²) in [6, 6.07) is 8.99. The van der Waals surface area contributed by atoms with Crippen LogP contribution in [0.4, 0.5) is 0 Å². The molecule has 1 aromatic heterocycles. The zero-order valence-electron chi connectivity index (χ0n) is 11.7. The van der Waals surface area contributed by atoms with Gasteiger partial charge in [-0.05, 0) is 37.2 Å². The summed E-state index contributed by atoms with van der Waals surface area (Å²) in [6.07, 6.45) is 2.11. The van der Waals surface area contributed by atoms with E-state index in [4.69, 9.17) is 11.6 Å². The van der Waals surface area contributed by atoms with E-state index in [1.54, 1.807) is 25.2 Å². The highest BCUT2D eigenvalue weighted by Crippen LogP contribution is 2.12. The number of nitrogens with one attached hydrogen (secondary N) is 3. The van der Waals surface area contributed by atoms with Crippen LogP contribution in [0.1, 0.15) is 11.3 Å². The first kappa shape index (κ1) is 16.0. The van der Waals surface area contributed by atoms with E-state index in [1.165, 1.54) is 6.20 Å². The monoisotopic (exact) mass is 327 g/mol.